The van der Waals surface area contributed by atoms with Crippen molar-refractivity contribution in [3.05, 3.63) is 53.6 Å². The van der Waals surface area contributed by atoms with Crippen molar-refractivity contribution < 1.29 is 24.3 Å². The summed E-state index contributed by atoms with van der Waals surface area (Å²) in [6.45, 7) is 0. The lowest BCUT2D eigenvalue weighted by Gasteiger charge is -2.51. The summed E-state index contributed by atoms with van der Waals surface area (Å²) in [5.41, 5.74) is 1.28. The molecular weight excluding hydrogens is 571 g/mol. The van der Waals surface area contributed by atoms with Gasteiger partial charge in [-0.1, -0.05) is 57.9 Å². The molecule has 6 atom stereocenters. The summed E-state index contributed by atoms with van der Waals surface area (Å²) in [7, 11) is 1.47. The fourth-order valence-electron chi connectivity index (χ4n) is 6.81. The molecule has 6 unspecified atom stereocenters. The first kappa shape index (κ1) is 23.9. The topological polar surface area (TPSA) is 95.0 Å². The highest BCUT2D eigenvalue weighted by molar-refractivity contribution is 9.09. The summed E-state index contributed by atoms with van der Waals surface area (Å²) < 4.78 is 0. The van der Waals surface area contributed by atoms with E-state index in [1.807, 2.05) is 18.2 Å². The molecule has 2 aliphatic heterocycles. The number of fused-ring (bicyclic) bond motifs is 5. The van der Waals surface area contributed by atoms with Gasteiger partial charge in [0.15, 0.2) is 9.75 Å². The van der Waals surface area contributed by atoms with E-state index in [9.17, 15) is 24.3 Å². The molecule has 36 heavy (non-hydrogen) atoms. The van der Waals surface area contributed by atoms with Gasteiger partial charge in [0.1, 0.15) is 5.75 Å². The number of phenols is 1. The van der Waals surface area contributed by atoms with E-state index in [0.717, 1.165) is 15.4 Å². The Labute approximate surface area is 225 Å². The molecule has 0 aromatic heterocycles. The fourth-order valence-corrected chi connectivity index (χ4v) is 8.23. The number of halogens is 3. The number of carbonyl (C=O) groups excluding carboxylic acids is 4. The van der Waals surface area contributed by atoms with Gasteiger partial charge in [-0.15, -0.1) is 23.2 Å². The van der Waals surface area contributed by atoms with Gasteiger partial charge in [0.05, 0.1) is 17.3 Å². The lowest BCUT2D eigenvalue weighted by atomic mass is 9.56. The zero-order chi connectivity index (χ0) is 25.7. The summed E-state index contributed by atoms with van der Waals surface area (Å²) in [4.78, 5) is 52.0. The zero-order valence-corrected chi connectivity index (χ0v) is 22.2. The van der Waals surface area contributed by atoms with E-state index in [1.54, 1.807) is 18.2 Å². The molecule has 2 aliphatic carbocycles. The highest BCUT2D eigenvalue weighted by atomic mass is 79.9. The summed E-state index contributed by atoms with van der Waals surface area (Å²) in [6.07, 6.45) is 2.18. The third-order valence-electron chi connectivity index (χ3n) is 8.48. The molecule has 2 aromatic rings. The molecule has 2 aromatic carbocycles. The fraction of sp³-hybridized carbons (Fsp3) is 0.385. The molecule has 1 N–H and O–H groups in total. The van der Waals surface area contributed by atoms with Crippen LogP contribution in [0.15, 0.2) is 48.0 Å². The van der Waals surface area contributed by atoms with Crippen molar-refractivity contribution in [1.29, 1.82) is 0 Å². The zero-order valence-electron chi connectivity index (χ0n) is 19.1. The molecule has 2 saturated heterocycles. The molecule has 4 amide bonds. The van der Waals surface area contributed by atoms with E-state index in [-0.39, 0.29) is 29.4 Å². The van der Waals surface area contributed by atoms with Crippen molar-refractivity contribution in [3.8, 4) is 5.75 Å². The van der Waals surface area contributed by atoms with Crippen LogP contribution in [-0.4, -0.2) is 60.8 Å². The predicted molar refractivity (Wildman–Crippen MR) is 137 cm³/mol. The number of aromatic hydroxyl groups is 1. The van der Waals surface area contributed by atoms with Crippen molar-refractivity contribution in [1.82, 2.24) is 9.80 Å². The Morgan fingerprint density at radius 1 is 1.00 bits per heavy atom. The van der Waals surface area contributed by atoms with Gasteiger partial charge >= 0.3 is 0 Å². The number of carbonyl (C=O) groups is 4. The lowest BCUT2D eigenvalue weighted by molar-refractivity contribution is -0.140. The molecule has 1 saturated carbocycles. The number of likely N-dealkylation sites (tertiary alicyclic amines) is 2. The number of allylic oxidation sites excluding steroid dienone is 2. The number of hydrogen-bond donors (Lipinski definition) is 1. The van der Waals surface area contributed by atoms with Crippen LogP contribution in [0, 0.1) is 17.8 Å². The third kappa shape index (κ3) is 2.70. The van der Waals surface area contributed by atoms with Gasteiger partial charge in [-0.2, -0.15) is 0 Å². The average Bonchev–Trinajstić information content (AvgIpc) is 3.18. The smallest absolute Gasteiger partial charge is 0.254 e. The molecule has 186 valence electrons. The molecule has 0 radical (unpaired) electrons. The molecule has 7 nitrogen and oxygen atoms in total. The third-order valence-corrected chi connectivity index (χ3v) is 10.4. The van der Waals surface area contributed by atoms with Crippen LogP contribution < -0.4 is 0 Å². The molecule has 10 heteroatoms. The Bertz CT molecular complexity index is 1430. The van der Waals surface area contributed by atoms with Crippen molar-refractivity contribution in [2.75, 3.05) is 12.5 Å². The minimum absolute atomic E-state index is 0.0431. The largest absolute Gasteiger partial charge is 0.507 e. The Morgan fingerprint density at radius 2 is 1.69 bits per heavy atom. The van der Waals surface area contributed by atoms with Crippen LogP contribution in [0.25, 0.3) is 10.8 Å². The molecule has 4 aliphatic rings. The van der Waals surface area contributed by atoms with E-state index in [0.29, 0.717) is 22.8 Å². The van der Waals surface area contributed by atoms with E-state index in [4.69, 9.17) is 23.2 Å². The first-order chi connectivity index (χ1) is 17.1. The van der Waals surface area contributed by atoms with Crippen molar-refractivity contribution in [2.24, 2.45) is 17.8 Å². The second-order valence-electron chi connectivity index (χ2n) is 9.94. The predicted octanol–water partition coefficient (Wildman–Crippen LogP) is 3.89. The normalized spacial score (nSPS) is 35.7. The van der Waals surface area contributed by atoms with Gasteiger partial charge < -0.3 is 5.11 Å². The van der Waals surface area contributed by atoms with E-state index < -0.39 is 45.2 Å². The van der Waals surface area contributed by atoms with Gasteiger partial charge in [0, 0.05) is 18.4 Å². The number of benzene rings is 2. The van der Waals surface area contributed by atoms with Crippen molar-refractivity contribution in [3.63, 3.8) is 0 Å². The number of rotatable bonds is 2. The van der Waals surface area contributed by atoms with Gasteiger partial charge in [-0.3, -0.25) is 29.0 Å². The van der Waals surface area contributed by atoms with Crippen LogP contribution >= 0.6 is 39.1 Å². The maximum Gasteiger partial charge on any atom is 0.254 e. The van der Waals surface area contributed by atoms with Crippen LogP contribution in [0.3, 0.4) is 0 Å². The number of alkyl halides is 3. The first-order valence-corrected chi connectivity index (χ1v) is 13.5. The number of amides is 4. The Morgan fingerprint density at radius 3 is 2.39 bits per heavy atom. The Kier molecular flexibility index (Phi) is 5.18. The van der Waals surface area contributed by atoms with E-state index in [2.05, 4.69) is 15.9 Å². The first-order valence-electron chi connectivity index (χ1n) is 11.6. The van der Waals surface area contributed by atoms with Crippen molar-refractivity contribution in [2.45, 2.75) is 28.5 Å². The lowest BCUT2D eigenvalue weighted by Crippen LogP contribution is -2.60. The summed E-state index contributed by atoms with van der Waals surface area (Å²) in [5.74, 6) is -4.40. The van der Waals surface area contributed by atoms with Gasteiger partial charge in [-0.25, -0.2) is 0 Å². The molecule has 0 spiro atoms. The summed E-state index contributed by atoms with van der Waals surface area (Å²) in [5, 5.41) is 11.7. The minimum atomic E-state index is -1.87. The quantitative estimate of drug-likeness (QED) is 0.247. The number of phenolic OH excluding ortho intramolecular Hbond substituents is 1. The van der Waals surface area contributed by atoms with Gasteiger partial charge in [0.25, 0.3) is 11.8 Å². The summed E-state index contributed by atoms with van der Waals surface area (Å²) >= 11 is 17.7. The molecule has 3 fully saturated rings. The Hall–Kier alpha value is -2.42. The van der Waals surface area contributed by atoms with Crippen LogP contribution in [0.4, 0.5) is 0 Å². The maximum atomic E-state index is 13.8. The van der Waals surface area contributed by atoms with Crippen LogP contribution in [-0.2, 0) is 19.2 Å². The van der Waals surface area contributed by atoms with E-state index in [1.165, 1.54) is 13.1 Å². The monoisotopic (exact) mass is 590 g/mol. The molecule has 0 bridgehead atoms. The van der Waals surface area contributed by atoms with Gasteiger partial charge in [0.2, 0.25) is 11.8 Å². The maximum absolute atomic E-state index is 13.8. The van der Waals surface area contributed by atoms with Crippen LogP contribution in [0.2, 0.25) is 0 Å². The number of nitrogens with zero attached hydrogens (tertiary/aromatic N) is 2. The minimum Gasteiger partial charge on any atom is -0.507 e. The molecule has 6 rings (SSSR count). The van der Waals surface area contributed by atoms with Crippen molar-refractivity contribution >= 4 is 73.5 Å². The van der Waals surface area contributed by atoms with Crippen LogP contribution in [0.5, 0.6) is 5.75 Å². The number of imide groups is 2. The Balaban J connectivity index is 1.65. The SMILES string of the molecule is CN1C(=O)C2CC=C3C(CC4(Cl)C(=O)N(CBr)C(=O)C4(Cl)C3c3ccc(O)c4ccccc34)C2C1=O. The molecule has 2 heterocycles. The molecular formula is C26H21BrCl2N2O5. The second-order valence-corrected chi connectivity index (χ2v) is 11.7. The van der Waals surface area contributed by atoms with E-state index >= 15 is 0 Å². The highest BCUT2D eigenvalue weighted by Crippen LogP contribution is 2.66. The average molecular weight is 592 g/mol. The second kappa shape index (κ2) is 7.79. The summed E-state index contributed by atoms with van der Waals surface area (Å²) in [6, 6.07) is 10.4. The van der Waals surface area contributed by atoms with Gasteiger partial charge in [-0.05, 0) is 35.8 Å². The van der Waals surface area contributed by atoms with Crippen LogP contribution in [0.1, 0.15) is 24.3 Å². The number of hydrogen-bond acceptors (Lipinski definition) is 5. The highest BCUT2D eigenvalue weighted by Gasteiger charge is 2.76. The standard InChI is InChI=1S/C26H21BrCl2N2O5/c1-30-21(33)16-7-6-15-17(19(16)22(30)34)10-25(28)23(35)31(11-27)24(36)26(25,29)20(15)14-8-9-18(32)13-5-3-2-4-12(13)14/h2-6,8-9,16-17,19-20,32H,7,10-11H2,1H3.